The number of nitrogens with zero attached hydrogens (tertiary/aromatic N) is 3. The van der Waals surface area contributed by atoms with Gasteiger partial charge >= 0.3 is 0 Å². The molecule has 29 heavy (non-hydrogen) atoms. The second kappa shape index (κ2) is 10.8. The molecule has 0 spiro atoms. The van der Waals surface area contributed by atoms with E-state index in [9.17, 15) is 0 Å². The maximum Gasteiger partial charge on any atom is 0.191 e. The summed E-state index contributed by atoms with van der Waals surface area (Å²) >= 11 is 0. The Balaban J connectivity index is 0.00000300. The van der Waals surface area contributed by atoms with Crippen LogP contribution in [0.15, 0.2) is 53.8 Å². The Morgan fingerprint density at radius 2 is 2.07 bits per heavy atom. The van der Waals surface area contributed by atoms with Gasteiger partial charge in [0.2, 0.25) is 0 Å². The first-order valence-corrected chi connectivity index (χ1v) is 9.17. The van der Waals surface area contributed by atoms with E-state index in [-0.39, 0.29) is 30.0 Å². The van der Waals surface area contributed by atoms with Crippen LogP contribution in [0.25, 0.3) is 11.4 Å². The Kier molecular flexibility index (Phi) is 8.44. The maximum atomic E-state index is 5.50. The van der Waals surface area contributed by atoms with Gasteiger partial charge in [0, 0.05) is 24.7 Å². The number of aryl methyl sites for hydroxylation is 1. The SMILES string of the molecule is CN=C(NCc1cccc(-c2ncn[nH]2)c1)NC(C)c1cc(C)ccc1OC.I. The third-order valence-corrected chi connectivity index (χ3v) is 4.50. The lowest BCUT2D eigenvalue weighted by Gasteiger charge is -2.21. The molecule has 1 unspecified atom stereocenters. The van der Waals surface area contributed by atoms with Crippen LogP contribution in [0.3, 0.4) is 0 Å². The number of aliphatic imine (C=N–C) groups is 1. The average molecular weight is 506 g/mol. The van der Waals surface area contributed by atoms with Crippen molar-refractivity contribution in [3.63, 3.8) is 0 Å². The number of ether oxygens (including phenoxy) is 1. The van der Waals surface area contributed by atoms with Crippen LogP contribution in [-0.4, -0.2) is 35.3 Å². The number of nitrogens with one attached hydrogen (secondary N) is 3. The van der Waals surface area contributed by atoms with Crippen molar-refractivity contribution in [2.75, 3.05) is 14.2 Å². The van der Waals surface area contributed by atoms with Gasteiger partial charge in [0.15, 0.2) is 11.8 Å². The van der Waals surface area contributed by atoms with Gasteiger partial charge < -0.3 is 15.4 Å². The Morgan fingerprint density at radius 1 is 1.24 bits per heavy atom. The first-order valence-electron chi connectivity index (χ1n) is 9.17. The molecule has 0 saturated carbocycles. The number of hydrogen-bond donors (Lipinski definition) is 3. The number of rotatable bonds is 6. The maximum absolute atomic E-state index is 5.50. The van der Waals surface area contributed by atoms with Gasteiger partial charge in [-0.05, 0) is 31.5 Å². The zero-order chi connectivity index (χ0) is 19.9. The minimum atomic E-state index is 0. The highest BCUT2D eigenvalue weighted by Gasteiger charge is 2.13. The third-order valence-electron chi connectivity index (χ3n) is 4.50. The molecular weight excluding hydrogens is 479 g/mol. The first kappa shape index (κ1) is 22.7. The molecular formula is C21H27IN6O. The number of guanidine groups is 1. The van der Waals surface area contributed by atoms with Crippen molar-refractivity contribution >= 4 is 29.9 Å². The predicted molar refractivity (Wildman–Crippen MR) is 127 cm³/mol. The van der Waals surface area contributed by atoms with Crippen molar-refractivity contribution in [1.29, 1.82) is 0 Å². The molecule has 0 aliphatic carbocycles. The van der Waals surface area contributed by atoms with Gasteiger partial charge in [-0.1, -0.05) is 35.9 Å². The summed E-state index contributed by atoms with van der Waals surface area (Å²) in [5.41, 5.74) is 4.41. The number of hydrogen-bond acceptors (Lipinski definition) is 4. The fraction of sp³-hybridized carbons (Fsp3) is 0.286. The Morgan fingerprint density at radius 3 is 2.76 bits per heavy atom. The number of aromatic amines is 1. The number of H-pyrrole nitrogens is 1. The van der Waals surface area contributed by atoms with Gasteiger partial charge in [0.1, 0.15) is 12.1 Å². The van der Waals surface area contributed by atoms with Crippen LogP contribution in [0, 0.1) is 6.92 Å². The zero-order valence-electron chi connectivity index (χ0n) is 17.1. The molecule has 3 aromatic rings. The van der Waals surface area contributed by atoms with E-state index in [1.54, 1.807) is 14.2 Å². The average Bonchev–Trinajstić information content (AvgIpc) is 3.26. The molecule has 3 N–H and O–H groups in total. The van der Waals surface area contributed by atoms with E-state index in [0.717, 1.165) is 34.2 Å². The van der Waals surface area contributed by atoms with E-state index < -0.39 is 0 Å². The smallest absolute Gasteiger partial charge is 0.191 e. The summed E-state index contributed by atoms with van der Waals surface area (Å²) in [5.74, 6) is 2.34. The highest BCUT2D eigenvalue weighted by molar-refractivity contribution is 14.0. The summed E-state index contributed by atoms with van der Waals surface area (Å²) in [6.45, 7) is 4.80. The second-order valence-corrected chi connectivity index (χ2v) is 6.57. The lowest BCUT2D eigenvalue weighted by atomic mass is 10.0. The van der Waals surface area contributed by atoms with Gasteiger partial charge in [-0.2, -0.15) is 5.10 Å². The second-order valence-electron chi connectivity index (χ2n) is 6.57. The number of methoxy groups -OCH3 is 1. The normalized spacial score (nSPS) is 12.1. The fourth-order valence-electron chi connectivity index (χ4n) is 3.03. The highest BCUT2D eigenvalue weighted by atomic mass is 127. The molecule has 0 amide bonds. The molecule has 0 radical (unpaired) electrons. The van der Waals surface area contributed by atoms with Crippen LogP contribution in [0.2, 0.25) is 0 Å². The summed E-state index contributed by atoms with van der Waals surface area (Å²) in [4.78, 5) is 8.54. The molecule has 0 bridgehead atoms. The minimum Gasteiger partial charge on any atom is -0.496 e. The lowest BCUT2D eigenvalue weighted by molar-refractivity contribution is 0.405. The van der Waals surface area contributed by atoms with Crippen molar-refractivity contribution in [3.05, 3.63) is 65.5 Å². The minimum absolute atomic E-state index is 0. The van der Waals surface area contributed by atoms with E-state index in [2.05, 4.69) is 62.9 Å². The molecule has 154 valence electrons. The van der Waals surface area contributed by atoms with E-state index in [0.29, 0.717) is 6.54 Å². The standard InChI is InChI=1S/C21H26N6O.HI/c1-14-8-9-19(28-4)18(10-14)15(2)26-21(22-3)23-12-16-6-5-7-17(11-16)20-24-13-25-27-20;/h5-11,13,15H,12H2,1-4H3,(H2,22,23,26)(H,24,25,27);1H. The fourth-order valence-corrected chi connectivity index (χ4v) is 3.03. The first-order chi connectivity index (χ1) is 13.6. The molecule has 8 heteroatoms. The molecule has 3 rings (SSSR count). The van der Waals surface area contributed by atoms with Crippen LogP contribution in [-0.2, 0) is 6.54 Å². The van der Waals surface area contributed by atoms with E-state index in [4.69, 9.17) is 4.74 Å². The number of benzene rings is 2. The van der Waals surface area contributed by atoms with Crippen LogP contribution < -0.4 is 15.4 Å². The monoisotopic (exact) mass is 506 g/mol. The molecule has 0 saturated heterocycles. The molecule has 1 aromatic heterocycles. The third kappa shape index (κ3) is 5.93. The molecule has 0 aliphatic heterocycles. The number of halogens is 1. The largest absolute Gasteiger partial charge is 0.496 e. The Bertz CT molecular complexity index is 942. The Labute approximate surface area is 188 Å². The van der Waals surface area contributed by atoms with Crippen LogP contribution in [0.1, 0.15) is 29.7 Å². The van der Waals surface area contributed by atoms with E-state index in [1.165, 1.54) is 11.9 Å². The summed E-state index contributed by atoms with van der Waals surface area (Å²) in [6, 6.07) is 14.4. The van der Waals surface area contributed by atoms with Crippen molar-refractivity contribution < 1.29 is 4.74 Å². The molecule has 7 nitrogen and oxygen atoms in total. The van der Waals surface area contributed by atoms with Gasteiger partial charge in [-0.25, -0.2) is 4.98 Å². The van der Waals surface area contributed by atoms with Crippen molar-refractivity contribution in [2.24, 2.45) is 4.99 Å². The predicted octanol–water partition coefficient (Wildman–Crippen LogP) is 3.83. The highest BCUT2D eigenvalue weighted by Crippen LogP contribution is 2.26. The van der Waals surface area contributed by atoms with Gasteiger partial charge in [0.25, 0.3) is 0 Å². The van der Waals surface area contributed by atoms with Crippen LogP contribution in [0.4, 0.5) is 0 Å². The summed E-state index contributed by atoms with van der Waals surface area (Å²) in [6.07, 6.45) is 1.51. The topological polar surface area (TPSA) is 87.2 Å². The van der Waals surface area contributed by atoms with Crippen LogP contribution in [0.5, 0.6) is 5.75 Å². The lowest BCUT2D eigenvalue weighted by Crippen LogP contribution is -2.38. The van der Waals surface area contributed by atoms with Crippen molar-refractivity contribution in [1.82, 2.24) is 25.8 Å². The summed E-state index contributed by atoms with van der Waals surface area (Å²) in [7, 11) is 3.45. The summed E-state index contributed by atoms with van der Waals surface area (Å²) < 4.78 is 5.50. The van der Waals surface area contributed by atoms with Gasteiger partial charge in [0.05, 0.1) is 13.2 Å². The van der Waals surface area contributed by atoms with Gasteiger partial charge in [-0.3, -0.25) is 10.1 Å². The number of aromatic nitrogens is 3. The molecule has 2 aromatic carbocycles. The van der Waals surface area contributed by atoms with Crippen LogP contribution >= 0.6 is 24.0 Å². The zero-order valence-corrected chi connectivity index (χ0v) is 19.4. The Hall–Kier alpha value is -2.62. The van der Waals surface area contributed by atoms with Crippen molar-refractivity contribution in [3.8, 4) is 17.1 Å². The van der Waals surface area contributed by atoms with E-state index >= 15 is 0 Å². The molecule has 0 aliphatic rings. The quantitative estimate of drug-likeness (QED) is 0.269. The van der Waals surface area contributed by atoms with Crippen molar-refractivity contribution in [2.45, 2.75) is 26.4 Å². The molecule has 0 fully saturated rings. The summed E-state index contributed by atoms with van der Waals surface area (Å²) in [5, 5.41) is 13.6. The van der Waals surface area contributed by atoms with Gasteiger partial charge in [-0.15, -0.1) is 24.0 Å². The molecule has 1 heterocycles. The van der Waals surface area contributed by atoms with E-state index in [1.807, 2.05) is 24.3 Å². The molecule has 1 atom stereocenters.